The van der Waals surface area contributed by atoms with E-state index in [9.17, 15) is 12.8 Å². The van der Waals surface area contributed by atoms with Crippen molar-refractivity contribution in [3.05, 3.63) is 71.0 Å². The number of halogens is 1. The Bertz CT molecular complexity index is 996. The van der Waals surface area contributed by atoms with E-state index in [-0.39, 0.29) is 10.6 Å². The molecule has 2 aromatic rings. The van der Waals surface area contributed by atoms with Crippen LogP contribution < -0.4 is 0 Å². The normalized spacial score (nSPS) is 19.6. The summed E-state index contributed by atoms with van der Waals surface area (Å²) in [7, 11) is -1.22. The van der Waals surface area contributed by atoms with E-state index in [1.54, 1.807) is 0 Å². The van der Waals surface area contributed by atoms with Gasteiger partial charge in [-0.25, -0.2) is 12.8 Å². The van der Waals surface area contributed by atoms with Crippen molar-refractivity contribution in [2.75, 3.05) is 19.3 Å². The Morgan fingerprint density at radius 3 is 2.64 bits per heavy atom. The highest BCUT2D eigenvalue weighted by molar-refractivity contribution is 7.91. The lowest BCUT2D eigenvalue weighted by Crippen LogP contribution is -2.24. The largest absolute Gasteiger partial charge is 0.303 e. The Kier molecular flexibility index (Phi) is 5.39. The van der Waals surface area contributed by atoms with E-state index in [4.69, 9.17) is 0 Å². The number of sulfone groups is 1. The van der Waals surface area contributed by atoms with Gasteiger partial charge < -0.3 is 4.90 Å². The molecule has 0 radical (unpaired) electrons. The van der Waals surface area contributed by atoms with Crippen LogP contribution in [0.5, 0.6) is 0 Å². The topological polar surface area (TPSA) is 37.4 Å². The summed E-state index contributed by atoms with van der Waals surface area (Å²) in [6.45, 7) is 1.17. The number of nitrogens with zero attached hydrogens (tertiary/aromatic N) is 1. The van der Waals surface area contributed by atoms with Gasteiger partial charge in [-0.15, -0.1) is 0 Å². The molecule has 2 aromatic carbocycles. The van der Waals surface area contributed by atoms with E-state index in [0.717, 1.165) is 18.4 Å². The van der Waals surface area contributed by atoms with Gasteiger partial charge in [0.2, 0.25) is 0 Å². The van der Waals surface area contributed by atoms with Crippen molar-refractivity contribution >= 4 is 15.4 Å². The lowest BCUT2D eigenvalue weighted by molar-refractivity contribution is 0.315. The minimum absolute atomic E-state index is 0.0296. The molecule has 4 rings (SSSR count). The molecule has 0 aromatic heterocycles. The molecule has 1 heterocycles. The van der Waals surface area contributed by atoms with Crippen LogP contribution in [0.15, 0.2) is 53.4 Å². The number of benzene rings is 2. The summed E-state index contributed by atoms with van der Waals surface area (Å²) in [6, 6.07) is 12.0. The number of rotatable bonds is 6. The maximum absolute atomic E-state index is 13.1. The second-order valence-corrected chi connectivity index (χ2v) is 10.0. The summed E-state index contributed by atoms with van der Waals surface area (Å²) in [5, 5.41) is 0. The van der Waals surface area contributed by atoms with E-state index in [0.29, 0.717) is 12.5 Å². The van der Waals surface area contributed by atoms with Crippen LogP contribution in [0.4, 0.5) is 4.39 Å². The quantitative estimate of drug-likeness (QED) is 0.681. The van der Waals surface area contributed by atoms with Gasteiger partial charge in [-0.2, -0.15) is 0 Å². The van der Waals surface area contributed by atoms with Crippen LogP contribution >= 0.6 is 0 Å². The lowest BCUT2D eigenvalue weighted by Gasteiger charge is -2.20. The molecule has 1 atom stereocenters. The maximum atomic E-state index is 13.1. The highest BCUT2D eigenvalue weighted by atomic mass is 32.2. The third-order valence-electron chi connectivity index (χ3n) is 6.05. The van der Waals surface area contributed by atoms with Gasteiger partial charge in [-0.1, -0.05) is 24.3 Å². The summed E-state index contributed by atoms with van der Waals surface area (Å²) in [5.74, 6) is -0.397. The summed E-state index contributed by atoms with van der Waals surface area (Å²) in [4.78, 5) is 2.62. The van der Waals surface area contributed by atoms with Crippen LogP contribution in [0, 0.1) is 5.82 Å². The van der Waals surface area contributed by atoms with Crippen molar-refractivity contribution in [1.29, 1.82) is 0 Å². The SMILES string of the molecule is CN1CCC[C@@H]1CC1=CCc2ccc(CCS(=O)(=O)c3ccc(F)cc3)cc21. The molecule has 1 saturated heterocycles. The Morgan fingerprint density at radius 2 is 1.93 bits per heavy atom. The van der Waals surface area contributed by atoms with Gasteiger partial charge >= 0.3 is 0 Å². The zero-order chi connectivity index (χ0) is 19.7. The van der Waals surface area contributed by atoms with Crippen molar-refractivity contribution < 1.29 is 12.8 Å². The van der Waals surface area contributed by atoms with Gasteiger partial charge in [-0.05, 0) is 92.2 Å². The van der Waals surface area contributed by atoms with Crippen molar-refractivity contribution in [2.45, 2.75) is 43.0 Å². The summed E-state index contributed by atoms with van der Waals surface area (Å²) >= 11 is 0. The van der Waals surface area contributed by atoms with Crippen molar-refractivity contribution in [1.82, 2.24) is 4.90 Å². The molecule has 0 N–H and O–H groups in total. The molecule has 0 saturated carbocycles. The maximum Gasteiger partial charge on any atom is 0.178 e. The van der Waals surface area contributed by atoms with E-state index >= 15 is 0 Å². The number of fused-ring (bicyclic) bond motifs is 1. The van der Waals surface area contributed by atoms with E-state index in [1.807, 2.05) is 6.07 Å². The van der Waals surface area contributed by atoms with Gasteiger partial charge in [0.25, 0.3) is 0 Å². The molecule has 1 aliphatic carbocycles. The van der Waals surface area contributed by atoms with E-state index in [2.05, 4.69) is 30.2 Å². The molecule has 28 heavy (non-hydrogen) atoms. The first-order chi connectivity index (χ1) is 13.4. The van der Waals surface area contributed by atoms with Crippen molar-refractivity contribution in [2.24, 2.45) is 0 Å². The lowest BCUT2D eigenvalue weighted by atomic mass is 9.96. The third kappa shape index (κ3) is 4.06. The van der Waals surface area contributed by atoms with Gasteiger partial charge in [0, 0.05) is 6.04 Å². The zero-order valence-electron chi connectivity index (χ0n) is 16.2. The summed E-state index contributed by atoms with van der Waals surface area (Å²) < 4.78 is 38.1. The van der Waals surface area contributed by atoms with Crippen LogP contribution in [0.3, 0.4) is 0 Å². The minimum atomic E-state index is -3.42. The van der Waals surface area contributed by atoms with Crippen LogP contribution in [0.25, 0.3) is 5.57 Å². The number of likely N-dealkylation sites (tertiary alicyclic amines) is 1. The number of hydrogen-bond donors (Lipinski definition) is 0. The molecule has 2 aliphatic rings. The van der Waals surface area contributed by atoms with Gasteiger partial charge in [0.15, 0.2) is 9.84 Å². The first-order valence-electron chi connectivity index (χ1n) is 9.92. The second-order valence-electron chi connectivity index (χ2n) is 7.93. The fourth-order valence-electron chi connectivity index (χ4n) is 4.30. The third-order valence-corrected chi connectivity index (χ3v) is 7.78. The highest BCUT2D eigenvalue weighted by Gasteiger charge is 2.25. The summed E-state index contributed by atoms with van der Waals surface area (Å²) in [5.41, 5.74) is 5.06. The fourth-order valence-corrected chi connectivity index (χ4v) is 5.59. The second kappa shape index (κ2) is 7.80. The first-order valence-corrected chi connectivity index (χ1v) is 11.6. The molecule has 1 fully saturated rings. The Balaban J connectivity index is 1.46. The molecule has 0 spiro atoms. The monoisotopic (exact) mass is 399 g/mol. The van der Waals surface area contributed by atoms with Crippen LogP contribution in [0.1, 0.15) is 36.0 Å². The van der Waals surface area contributed by atoms with Gasteiger partial charge in [0.05, 0.1) is 10.6 Å². The zero-order valence-corrected chi connectivity index (χ0v) is 17.0. The Morgan fingerprint density at radius 1 is 1.14 bits per heavy atom. The molecule has 0 bridgehead atoms. The molecular weight excluding hydrogens is 373 g/mol. The van der Waals surface area contributed by atoms with Crippen molar-refractivity contribution in [3.63, 3.8) is 0 Å². The summed E-state index contributed by atoms with van der Waals surface area (Å²) in [6.07, 6.45) is 7.34. The molecule has 0 amide bonds. The Labute approximate surface area is 166 Å². The molecule has 148 valence electrons. The molecule has 5 heteroatoms. The average Bonchev–Trinajstić information content (AvgIpc) is 3.27. The van der Waals surface area contributed by atoms with Gasteiger partial charge in [-0.3, -0.25) is 0 Å². The number of hydrogen-bond acceptors (Lipinski definition) is 3. The molecule has 1 aliphatic heterocycles. The minimum Gasteiger partial charge on any atom is -0.303 e. The first kappa shape index (κ1) is 19.3. The smallest absolute Gasteiger partial charge is 0.178 e. The van der Waals surface area contributed by atoms with Gasteiger partial charge in [0.1, 0.15) is 5.82 Å². The average molecular weight is 400 g/mol. The number of allylic oxidation sites excluding steroid dienone is 1. The predicted octanol–water partition coefficient (Wildman–Crippen LogP) is 4.27. The molecule has 0 unspecified atom stereocenters. The fraction of sp³-hybridized carbons (Fsp3) is 0.391. The van der Waals surface area contributed by atoms with Crippen LogP contribution in [-0.4, -0.2) is 38.7 Å². The highest BCUT2D eigenvalue weighted by Crippen LogP contribution is 2.34. The molecular formula is C23H26FNO2S. The van der Waals surface area contributed by atoms with Crippen LogP contribution in [-0.2, 0) is 22.7 Å². The van der Waals surface area contributed by atoms with E-state index in [1.165, 1.54) is 60.4 Å². The predicted molar refractivity (Wildman–Crippen MR) is 111 cm³/mol. The Hall–Kier alpha value is -1.98. The van der Waals surface area contributed by atoms with Crippen molar-refractivity contribution in [3.8, 4) is 0 Å². The number of aryl methyl sites for hydroxylation is 1. The standard InChI is InChI=1S/C23H26FNO2S/c1-25-13-2-3-21(25)16-19-7-6-18-5-4-17(15-23(18)19)12-14-28(26,27)22-10-8-20(24)9-11-22/h4-5,7-11,15,21H,2-3,6,12-14,16H2,1H3/t21-/m1/s1. The molecule has 3 nitrogen and oxygen atoms in total. The van der Waals surface area contributed by atoms with E-state index < -0.39 is 15.7 Å². The van der Waals surface area contributed by atoms with Crippen LogP contribution in [0.2, 0.25) is 0 Å².